The number of benzene rings is 2. The molecule has 2 aromatic carbocycles. The molecular weight excluding hydrogens is 466 g/mol. The summed E-state index contributed by atoms with van der Waals surface area (Å²) in [5.74, 6) is 1.65. The maximum absolute atomic E-state index is 12.3. The van der Waals surface area contributed by atoms with Gasteiger partial charge in [0.05, 0.1) is 33.9 Å². The van der Waals surface area contributed by atoms with Gasteiger partial charge < -0.3 is 14.6 Å². The van der Waals surface area contributed by atoms with Crippen LogP contribution in [0.4, 0.5) is 0 Å². The molecule has 5 rings (SSSR count). The molecule has 3 heterocycles. The molecule has 1 saturated heterocycles. The van der Waals surface area contributed by atoms with E-state index >= 15 is 0 Å². The number of aromatic nitrogens is 4. The summed E-state index contributed by atoms with van der Waals surface area (Å²) in [4.78, 5) is 31.1. The highest BCUT2D eigenvalue weighted by molar-refractivity contribution is 7.90. The number of aryl methyl sites for hydroxylation is 1. The molecule has 4 aromatic rings. The highest BCUT2D eigenvalue weighted by Crippen LogP contribution is 2.41. The average Bonchev–Trinajstić information content (AvgIpc) is 3.46. The number of carbonyl (C=O) groups excluding carboxylic acids is 1. The molecule has 0 radical (unpaired) electrons. The van der Waals surface area contributed by atoms with Gasteiger partial charge in [-0.3, -0.25) is 9.78 Å². The molecule has 9 nitrogen and oxygen atoms in total. The predicted octanol–water partition coefficient (Wildman–Crippen LogP) is 4.21. The Kier molecular flexibility index (Phi) is 5.76. The van der Waals surface area contributed by atoms with Gasteiger partial charge >= 0.3 is 0 Å². The first kappa shape index (κ1) is 23.0. The normalized spacial score (nSPS) is 16.1. The van der Waals surface area contributed by atoms with E-state index in [9.17, 15) is 13.2 Å². The quantitative estimate of drug-likeness (QED) is 0.444. The topological polar surface area (TPSA) is 118 Å². The van der Waals surface area contributed by atoms with Crippen LogP contribution < -0.4 is 4.74 Å². The molecule has 35 heavy (non-hydrogen) atoms. The number of ether oxygens (including phenoxy) is 1. The fourth-order valence-electron chi connectivity index (χ4n) is 4.39. The highest BCUT2D eigenvalue weighted by Gasteiger charge is 2.31. The maximum Gasteiger partial charge on any atom is 0.219 e. The molecule has 0 saturated carbocycles. The Balaban J connectivity index is 1.59. The van der Waals surface area contributed by atoms with Gasteiger partial charge in [-0.15, -0.1) is 0 Å². The number of nitrogens with one attached hydrogen (secondary N) is 1. The summed E-state index contributed by atoms with van der Waals surface area (Å²) in [6.07, 6.45) is 6.24. The second-order valence-electron chi connectivity index (χ2n) is 8.75. The lowest BCUT2D eigenvalue weighted by atomic mass is 10.0. The molecule has 1 aliphatic heterocycles. The Labute approximate surface area is 203 Å². The van der Waals surface area contributed by atoms with Gasteiger partial charge in [0, 0.05) is 37.6 Å². The maximum atomic E-state index is 12.3. The van der Waals surface area contributed by atoms with Crippen LogP contribution in [-0.2, 0) is 14.6 Å². The van der Waals surface area contributed by atoms with Crippen LogP contribution in [0, 0.1) is 6.92 Å². The zero-order valence-electron chi connectivity index (χ0n) is 19.6. The molecule has 180 valence electrons. The van der Waals surface area contributed by atoms with E-state index in [2.05, 4.69) is 19.9 Å². The summed E-state index contributed by atoms with van der Waals surface area (Å²) in [5, 5.41) is 0. The first-order chi connectivity index (χ1) is 16.7. The number of nitrogens with zero attached hydrogens (tertiary/aromatic N) is 4. The van der Waals surface area contributed by atoms with Crippen LogP contribution in [0.25, 0.3) is 22.6 Å². The number of aromatic amines is 1. The van der Waals surface area contributed by atoms with E-state index in [4.69, 9.17) is 4.74 Å². The summed E-state index contributed by atoms with van der Waals surface area (Å²) in [7, 11) is -3.31. The van der Waals surface area contributed by atoms with Crippen LogP contribution >= 0.6 is 0 Å². The highest BCUT2D eigenvalue weighted by atomic mass is 32.2. The minimum absolute atomic E-state index is 0.0104. The van der Waals surface area contributed by atoms with Crippen molar-refractivity contribution < 1.29 is 17.9 Å². The van der Waals surface area contributed by atoms with Gasteiger partial charge in [0.15, 0.2) is 15.7 Å². The third kappa shape index (κ3) is 4.61. The molecule has 1 unspecified atom stereocenters. The Hall–Kier alpha value is -3.79. The SMILES string of the molecule is CC(=O)N1CCCC1c1cc2[nH]c(-c3cnc(C)cn3)nc2cc1Oc1ccc(S(C)(=O)=O)cc1. The summed E-state index contributed by atoms with van der Waals surface area (Å²) >= 11 is 0. The number of sulfone groups is 1. The minimum Gasteiger partial charge on any atom is -0.457 e. The van der Waals surface area contributed by atoms with Crippen LogP contribution in [-0.4, -0.2) is 52.0 Å². The van der Waals surface area contributed by atoms with Crippen molar-refractivity contribution in [2.45, 2.75) is 37.6 Å². The van der Waals surface area contributed by atoms with Crippen molar-refractivity contribution in [1.29, 1.82) is 0 Å². The monoisotopic (exact) mass is 491 g/mol. The van der Waals surface area contributed by atoms with Gasteiger partial charge in [-0.25, -0.2) is 18.4 Å². The molecule has 1 atom stereocenters. The molecule has 1 fully saturated rings. The molecule has 1 N–H and O–H groups in total. The zero-order chi connectivity index (χ0) is 24.7. The average molecular weight is 492 g/mol. The third-order valence-corrected chi connectivity index (χ3v) is 7.26. The molecular formula is C25H25N5O4S. The molecule has 1 amide bonds. The van der Waals surface area contributed by atoms with Crippen molar-refractivity contribution in [2.75, 3.05) is 12.8 Å². The van der Waals surface area contributed by atoms with Crippen LogP contribution in [0.5, 0.6) is 11.5 Å². The van der Waals surface area contributed by atoms with Crippen molar-refractivity contribution in [3.05, 3.63) is 60.0 Å². The van der Waals surface area contributed by atoms with E-state index in [-0.39, 0.29) is 16.8 Å². The van der Waals surface area contributed by atoms with Gasteiger partial charge in [-0.1, -0.05) is 0 Å². The lowest BCUT2D eigenvalue weighted by Crippen LogP contribution is -2.28. The number of H-pyrrole nitrogens is 1. The number of rotatable bonds is 5. The number of amides is 1. The molecule has 2 aromatic heterocycles. The Bertz CT molecular complexity index is 1510. The standard InChI is InChI=1S/C25H25N5O4S/c1-15-13-27-22(14-26-15)25-28-20-11-19(23-5-4-10-30(23)16(2)31)24(12-21(20)29-25)34-17-6-8-18(9-7-17)35(3,32)33/h6-9,11-14,23H,4-5,10H2,1-3H3,(H,28,29). The van der Waals surface area contributed by atoms with Gasteiger partial charge in [0.2, 0.25) is 5.91 Å². The number of carbonyl (C=O) groups is 1. The van der Waals surface area contributed by atoms with Crippen LogP contribution in [0.1, 0.15) is 37.1 Å². The lowest BCUT2D eigenvalue weighted by molar-refractivity contribution is -0.129. The number of hydrogen-bond donors (Lipinski definition) is 1. The number of fused-ring (bicyclic) bond motifs is 1. The van der Waals surface area contributed by atoms with E-state index in [1.165, 1.54) is 18.4 Å². The van der Waals surface area contributed by atoms with Gasteiger partial charge in [-0.2, -0.15) is 0 Å². The van der Waals surface area contributed by atoms with Crippen LogP contribution in [0.2, 0.25) is 0 Å². The molecule has 0 aliphatic carbocycles. The van der Waals surface area contributed by atoms with Crippen LogP contribution in [0.3, 0.4) is 0 Å². The molecule has 1 aliphatic rings. The Morgan fingerprint density at radius 1 is 1.14 bits per heavy atom. The van der Waals surface area contributed by atoms with Gasteiger partial charge in [0.25, 0.3) is 0 Å². The van der Waals surface area contributed by atoms with Crippen molar-refractivity contribution in [2.24, 2.45) is 0 Å². The number of likely N-dealkylation sites (tertiary alicyclic amines) is 1. The largest absolute Gasteiger partial charge is 0.457 e. The van der Waals surface area contributed by atoms with Gasteiger partial charge in [0.1, 0.15) is 17.2 Å². The van der Waals surface area contributed by atoms with Crippen LogP contribution in [0.15, 0.2) is 53.7 Å². The van der Waals surface area contributed by atoms with Gasteiger partial charge in [-0.05, 0) is 50.1 Å². The number of imidazole rings is 1. The lowest BCUT2D eigenvalue weighted by Gasteiger charge is -2.25. The van der Waals surface area contributed by atoms with E-state index in [1.807, 2.05) is 24.0 Å². The van der Waals surface area contributed by atoms with E-state index in [0.29, 0.717) is 35.1 Å². The molecule has 0 bridgehead atoms. The van der Waals surface area contributed by atoms with E-state index in [1.54, 1.807) is 31.5 Å². The summed E-state index contributed by atoms with van der Waals surface area (Å²) < 4.78 is 29.9. The first-order valence-electron chi connectivity index (χ1n) is 11.3. The zero-order valence-corrected chi connectivity index (χ0v) is 20.5. The Morgan fingerprint density at radius 3 is 2.57 bits per heavy atom. The fraction of sp³-hybridized carbons (Fsp3) is 0.280. The first-order valence-corrected chi connectivity index (χ1v) is 13.2. The number of hydrogen-bond acceptors (Lipinski definition) is 7. The summed E-state index contributed by atoms with van der Waals surface area (Å²) in [6.45, 7) is 4.13. The second-order valence-corrected chi connectivity index (χ2v) is 10.8. The van der Waals surface area contributed by atoms with Crippen molar-refractivity contribution in [3.63, 3.8) is 0 Å². The third-order valence-electron chi connectivity index (χ3n) is 6.13. The second kappa shape index (κ2) is 8.77. The summed E-state index contributed by atoms with van der Waals surface area (Å²) in [6, 6.07) is 9.96. The smallest absolute Gasteiger partial charge is 0.219 e. The fourth-order valence-corrected chi connectivity index (χ4v) is 5.02. The van der Waals surface area contributed by atoms with Crippen molar-refractivity contribution in [3.8, 4) is 23.0 Å². The van der Waals surface area contributed by atoms with E-state index in [0.717, 1.165) is 29.6 Å². The predicted molar refractivity (Wildman–Crippen MR) is 131 cm³/mol. The van der Waals surface area contributed by atoms with E-state index < -0.39 is 9.84 Å². The summed E-state index contributed by atoms with van der Waals surface area (Å²) in [5.41, 5.74) is 3.78. The molecule has 0 spiro atoms. The minimum atomic E-state index is -3.31. The van der Waals surface area contributed by atoms with Crippen molar-refractivity contribution in [1.82, 2.24) is 24.8 Å². The van der Waals surface area contributed by atoms with Crippen molar-refractivity contribution >= 4 is 26.8 Å². The Morgan fingerprint density at radius 2 is 1.91 bits per heavy atom. The molecule has 10 heteroatoms.